The quantitative estimate of drug-likeness (QED) is 0.535. The Morgan fingerprint density at radius 1 is 1.31 bits per heavy atom. The molecule has 1 aliphatic rings. The van der Waals surface area contributed by atoms with Gasteiger partial charge in [0.1, 0.15) is 0 Å². The lowest BCUT2D eigenvalue weighted by molar-refractivity contribution is -0.116. The zero-order chi connectivity index (χ0) is 11.5. The van der Waals surface area contributed by atoms with Gasteiger partial charge < -0.3 is 0 Å². The van der Waals surface area contributed by atoms with Gasteiger partial charge >= 0.3 is 0 Å². The molecule has 1 aromatic carbocycles. The van der Waals surface area contributed by atoms with Gasteiger partial charge in [-0.2, -0.15) is 0 Å². The van der Waals surface area contributed by atoms with Gasteiger partial charge in [-0.05, 0) is 43.4 Å². The van der Waals surface area contributed by atoms with Crippen LogP contribution in [0.1, 0.15) is 30.4 Å². The maximum atomic E-state index is 11.8. The number of Topliss-reactive ketones (excluding diaryl/α,β-unsaturated/α-hetero) is 1. The summed E-state index contributed by atoms with van der Waals surface area (Å²) in [6, 6.07) is 8.18. The van der Waals surface area contributed by atoms with Crippen molar-refractivity contribution in [2.75, 3.05) is 0 Å². The molecule has 0 amide bonds. The smallest absolute Gasteiger partial charge is 0.176 e. The third kappa shape index (κ3) is 2.53. The molecule has 84 valence electrons. The number of alkyl halides is 1. The van der Waals surface area contributed by atoms with Crippen LogP contribution in [0.5, 0.6) is 0 Å². The lowest BCUT2D eigenvalue weighted by Gasteiger charge is -2.17. The molecule has 0 spiro atoms. The molecule has 0 aliphatic heterocycles. The molecule has 1 saturated carbocycles. The molecule has 0 heterocycles. The highest BCUT2D eigenvalue weighted by Crippen LogP contribution is 2.25. The maximum absolute atomic E-state index is 11.8. The van der Waals surface area contributed by atoms with Crippen molar-refractivity contribution < 1.29 is 4.79 Å². The van der Waals surface area contributed by atoms with E-state index in [1.54, 1.807) is 0 Å². The van der Waals surface area contributed by atoms with Gasteiger partial charge in [-0.3, -0.25) is 4.79 Å². The van der Waals surface area contributed by atoms with Crippen LogP contribution in [0.4, 0.5) is 0 Å². The molecule has 0 radical (unpaired) electrons. The van der Waals surface area contributed by atoms with E-state index in [1.807, 2.05) is 18.2 Å². The predicted molar refractivity (Wildman–Crippen MR) is 67.7 cm³/mol. The van der Waals surface area contributed by atoms with Crippen molar-refractivity contribution >= 4 is 23.5 Å². The van der Waals surface area contributed by atoms with Crippen LogP contribution in [0, 0.1) is 6.92 Å². The molecule has 16 heavy (non-hydrogen) atoms. The van der Waals surface area contributed by atoms with Crippen LogP contribution in [0.25, 0.3) is 6.08 Å². The average Bonchev–Trinajstić information content (AvgIpc) is 2.28. The van der Waals surface area contributed by atoms with E-state index in [1.165, 1.54) is 5.56 Å². The Morgan fingerprint density at radius 2 is 2.00 bits per heavy atom. The monoisotopic (exact) mass is 234 g/mol. The number of benzene rings is 1. The van der Waals surface area contributed by atoms with E-state index >= 15 is 0 Å². The number of aryl methyl sites for hydroxylation is 1. The van der Waals surface area contributed by atoms with Gasteiger partial charge in [0.05, 0.1) is 5.38 Å². The molecular weight excluding hydrogens is 220 g/mol. The number of carbonyl (C=O) groups excluding carboxylic acids is 1. The summed E-state index contributed by atoms with van der Waals surface area (Å²) < 4.78 is 0. The van der Waals surface area contributed by atoms with E-state index in [4.69, 9.17) is 11.6 Å². The van der Waals surface area contributed by atoms with Crippen molar-refractivity contribution in [2.24, 2.45) is 0 Å². The molecule has 1 fully saturated rings. The van der Waals surface area contributed by atoms with Crippen LogP contribution in [-0.2, 0) is 4.79 Å². The van der Waals surface area contributed by atoms with Crippen LogP contribution < -0.4 is 0 Å². The zero-order valence-electron chi connectivity index (χ0n) is 9.37. The second kappa shape index (κ2) is 4.84. The fourth-order valence-electron chi connectivity index (χ4n) is 1.93. The molecule has 1 atom stereocenters. The highest BCUT2D eigenvalue weighted by molar-refractivity contribution is 6.34. The van der Waals surface area contributed by atoms with Crippen LogP contribution in [-0.4, -0.2) is 11.2 Å². The highest BCUT2D eigenvalue weighted by Gasteiger charge is 2.23. The molecule has 1 nitrogen and oxygen atoms in total. The minimum Gasteiger partial charge on any atom is -0.293 e. The van der Waals surface area contributed by atoms with Crippen LogP contribution in [0.2, 0.25) is 0 Å². The summed E-state index contributed by atoms with van der Waals surface area (Å²) in [4.78, 5) is 11.8. The molecule has 1 aliphatic carbocycles. The first-order valence-electron chi connectivity index (χ1n) is 5.62. The molecular formula is C14H15ClO. The third-order valence-corrected chi connectivity index (χ3v) is 3.34. The Balaban J connectivity index is 2.23. The second-order valence-corrected chi connectivity index (χ2v) is 4.83. The standard InChI is InChI=1S/C14H15ClO/c1-10-5-7-11(8-6-10)9-12-3-2-4-13(15)14(12)16/h5-9,13H,2-4H2,1H3. The number of hydrogen-bond donors (Lipinski definition) is 0. The Labute approximate surface area is 101 Å². The van der Waals surface area contributed by atoms with Crippen molar-refractivity contribution in [1.82, 2.24) is 0 Å². The number of carbonyl (C=O) groups is 1. The topological polar surface area (TPSA) is 17.1 Å². The Kier molecular flexibility index (Phi) is 3.45. The van der Waals surface area contributed by atoms with Gasteiger partial charge in [0.15, 0.2) is 5.78 Å². The van der Waals surface area contributed by atoms with Gasteiger partial charge in [-0.1, -0.05) is 29.8 Å². The van der Waals surface area contributed by atoms with Crippen LogP contribution in [0.15, 0.2) is 29.8 Å². The number of rotatable bonds is 1. The molecule has 0 N–H and O–H groups in total. The highest BCUT2D eigenvalue weighted by atomic mass is 35.5. The van der Waals surface area contributed by atoms with Crippen molar-refractivity contribution in [3.05, 3.63) is 41.0 Å². The van der Waals surface area contributed by atoms with Gasteiger partial charge in [0.25, 0.3) is 0 Å². The molecule has 2 rings (SSSR count). The summed E-state index contributed by atoms with van der Waals surface area (Å²) in [6.45, 7) is 2.05. The maximum Gasteiger partial charge on any atom is 0.176 e. The van der Waals surface area contributed by atoms with Crippen molar-refractivity contribution in [2.45, 2.75) is 31.6 Å². The van der Waals surface area contributed by atoms with Crippen LogP contribution in [0.3, 0.4) is 0 Å². The lowest BCUT2D eigenvalue weighted by Crippen LogP contribution is -2.21. The van der Waals surface area contributed by atoms with E-state index in [0.717, 1.165) is 30.4 Å². The summed E-state index contributed by atoms with van der Waals surface area (Å²) in [6.07, 6.45) is 4.65. The van der Waals surface area contributed by atoms with Crippen molar-refractivity contribution in [3.63, 3.8) is 0 Å². The fourth-order valence-corrected chi connectivity index (χ4v) is 2.23. The Hall–Kier alpha value is -1.08. The Morgan fingerprint density at radius 3 is 2.69 bits per heavy atom. The largest absolute Gasteiger partial charge is 0.293 e. The normalized spacial score (nSPS) is 23.8. The zero-order valence-corrected chi connectivity index (χ0v) is 10.1. The molecule has 1 aromatic rings. The first-order valence-corrected chi connectivity index (χ1v) is 6.06. The second-order valence-electron chi connectivity index (χ2n) is 4.30. The van der Waals surface area contributed by atoms with Crippen molar-refractivity contribution in [1.29, 1.82) is 0 Å². The third-order valence-electron chi connectivity index (χ3n) is 2.92. The summed E-state index contributed by atoms with van der Waals surface area (Å²) in [5, 5.41) is -0.314. The minimum absolute atomic E-state index is 0.105. The van der Waals surface area contributed by atoms with E-state index in [2.05, 4.69) is 19.1 Å². The van der Waals surface area contributed by atoms with Crippen molar-refractivity contribution in [3.8, 4) is 0 Å². The fraction of sp³-hybridized carbons (Fsp3) is 0.357. The van der Waals surface area contributed by atoms with E-state index < -0.39 is 0 Å². The van der Waals surface area contributed by atoms with Gasteiger partial charge in [0, 0.05) is 0 Å². The molecule has 0 saturated heterocycles. The number of ketones is 1. The summed E-state index contributed by atoms with van der Waals surface area (Å²) in [7, 11) is 0. The molecule has 0 aromatic heterocycles. The first kappa shape index (κ1) is 11.4. The number of allylic oxidation sites excluding steroid dienone is 1. The van der Waals surface area contributed by atoms with E-state index in [-0.39, 0.29) is 11.2 Å². The first-order chi connectivity index (χ1) is 7.66. The van der Waals surface area contributed by atoms with Crippen LogP contribution >= 0.6 is 11.6 Å². The summed E-state index contributed by atoms with van der Waals surface area (Å²) in [5.74, 6) is 0.105. The summed E-state index contributed by atoms with van der Waals surface area (Å²) in [5.41, 5.74) is 3.18. The molecule has 0 bridgehead atoms. The van der Waals surface area contributed by atoms with Gasteiger partial charge in [-0.25, -0.2) is 0 Å². The summed E-state index contributed by atoms with van der Waals surface area (Å²) >= 11 is 5.96. The van der Waals surface area contributed by atoms with E-state index in [0.29, 0.717) is 0 Å². The molecule has 1 unspecified atom stereocenters. The predicted octanol–water partition coefficient (Wildman–Crippen LogP) is 3.74. The Bertz CT molecular complexity index is 417. The number of halogens is 1. The van der Waals surface area contributed by atoms with E-state index in [9.17, 15) is 4.79 Å². The number of hydrogen-bond acceptors (Lipinski definition) is 1. The lowest BCUT2D eigenvalue weighted by atomic mass is 9.91. The molecule has 2 heteroatoms. The average molecular weight is 235 g/mol. The minimum atomic E-state index is -0.314. The van der Waals surface area contributed by atoms with Gasteiger partial charge in [-0.15, -0.1) is 11.6 Å². The van der Waals surface area contributed by atoms with Gasteiger partial charge in [0.2, 0.25) is 0 Å². The SMILES string of the molecule is Cc1ccc(C=C2CCCC(Cl)C2=O)cc1.